The molecule has 3 nitrogen and oxygen atoms in total. The van der Waals surface area contributed by atoms with Crippen LogP contribution in [0.15, 0.2) is 6.07 Å². The SMILES string of the molecule is CCC1(CNc2nc(N)c(F)cc2F)CCC1. The van der Waals surface area contributed by atoms with Crippen molar-refractivity contribution in [2.75, 3.05) is 17.6 Å². The number of halogens is 2. The summed E-state index contributed by atoms with van der Waals surface area (Å²) in [5.74, 6) is -1.74. The molecule has 0 aliphatic heterocycles. The molecule has 0 saturated heterocycles. The lowest BCUT2D eigenvalue weighted by Gasteiger charge is -2.41. The van der Waals surface area contributed by atoms with Gasteiger partial charge < -0.3 is 11.1 Å². The minimum atomic E-state index is -0.818. The maximum Gasteiger partial charge on any atom is 0.168 e. The first-order chi connectivity index (χ1) is 8.06. The van der Waals surface area contributed by atoms with Crippen molar-refractivity contribution < 1.29 is 8.78 Å². The molecule has 1 fully saturated rings. The molecule has 0 amide bonds. The smallest absolute Gasteiger partial charge is 0.168 e. The summed E-state index contributed by atoms with van der Waals surface area (Å²) in [6, 6.07) is 0.768. The molecule has 2 rings (SSSR count). The van der Waals surface area contributed by atoms with Gasteiger partial charge in [-0.2, -0.15) is 0 Å². The third-order valence-corrected chi connectivity index (χ3v) is 3.75. The van der Waals surface area contributed by atoms with Crippen molar-refractivity contribution in [1.82, 2.24) is 4.98 Å². The van der Waals surface area contributed by atoms with E-state index in [1.54, 1.807) is 0 Å². The summed E-state index contributed by atoms with van der Waals surface area (Å²) in [6.45, 7) is 2.79. The van der Waals surface area contributed by atoms with Crippen LogP contribution in [0.4, 0.5) is 20.4 Å². The van der Waals surface area contributed by atoms with Crippen LogP contribution in [0.1, 0.15) is 32.6 Å². The molecule has 1 heterocycles. The molecular weight excluding hydrogens is 224 g/mol. The van der Waals surface area contributed by atoms with E-state index >= 15 is 0 Å². The Morgan fingerprint density at radius 2 is 2.12 bits per heavy atom. The molecule has 1 aromatic rings. The van der Waals surface area contributed by atoms with Gasteiger partial charge in [-0.3, -0.25) is 0 Å². The van der Waals surface area contributed by atoms with Crippen molar-refractivity contribution in [2.24, 2.45) is 5.41 Å². The monoisotopic (exact) mass is 241 g/mol. The summed E-state index contributed by atoms with van der Waals surface area (Å²) in [7, 11) is 0. The number of rotatable bonds is 4. The zero-order valence-corrected chi connectivity index (χ0v) is 9.89. The maximum atomic E-state index is 13.4. The molecule has 3 N–H and O–H groups in total. The van der Waals surface area contributed by atoms with Gasteiger partial charge in [0.15, 0.2) is 23.3 Å². The van der Waals surface area contributed by atoms with Crippen LogP contribution in [0.25, 0.3) is 0 Å². The predicted molar refractivity (Wildman–Crippen MR) is 63.6 cm³/mol. The number of nitrogens with zero attached hydrogens (tertiary/aromatic N) is 1. The Balaban J connectivity index is 2.06. The number of nitrogen functional groups attached to an aromatic ring is 1. The molecule has 0 atom stereocenters. The first kappa shape index (κ1) is 12.1. The van der Waals surface area contributed by atoms with Crippen LogP contribution in [-0.4, -0.2) is 11.5 Å². The quantitative estimate of drug-likeness (QED) is 0.852. The van der Waals surface area contributed by atoms with Gasteiger partial charge in [-0.05, 0) is 24.7 Å². The van der Waals surface area contributed by atoms with Crippen LogP contribution in [0.3, 0.4) is 0 Å². The Morgan fingerprint density at radius 3 is 2.65 bits per heavy atom. The summed E-state index contributed by atoms with van der Waals surface area (Å²) in [4.78, 5) is 3.68. The van der Waals surface area contributed by atoms with Crippen molar-refractivity contribution >= 4 is 11.6 Å². The molecule has 1 saturated carbocycles. The average molecular weight is 241 g/mol. The minimum Gasteiger partial charge on any atom is -0.381 e. The Bertz CT molecular complexity index is 411. The molecule has 0 radical (unpaired) electrons. The van der Waals surface area contributed by atoms with Crippen molar-refractivity contribution in [2.45, 2.75) is 32.6 Å². The van der Waals surface area contributed by atoms with Crippen LogP contribution in [-0.2, 0) is 0 Å². The third-order valence-electron chi connectivity index (χ3n) is 3.75. The highest BCUT2D eigenvalue weighted by molar-refractivity contribution is 5.45. The summed E-state index contributed by atoms with van der Waals surface area (Å²) in [5, 5.41) is 2.94. The van der Waals surface area contributed by atoms with Crippen LogP contribution in [0.5, 0.6) is 0 Å². The fraction of sp³-hybridized carbons (Fsp3) is 0.583. The molecule has 0 aromatic carbocycles. The van der Waals surface area contributed by atoms with Gasteiger partial charge in [0.25, 0.3) is 0 Å². The van der Waals surface area contributed by atoms with Gasteiger partial charge in [0.05, 0.1) is 0 Å². The minimum absolute atomic E-state index is 0.0450. The van der Waals surface area contributed by atoms with Crippen LogP contribution in [0, 0.1) is 17.0 Å². The molecule has 0 spiro atoms. The first-order valence-corrected chi connectivity index (χ1v) is 5.92. The summed E-state index contributed by atoms with van der Waals surface area (Å²) in [6.07, 6.45) is 4.57. The van der Waals surface area contributed by atoms with E-state index in [0.29, 0.717) is 6.54 Å². The standard InChI is InChI=1S/C12H17F2N3/c1-2-12(4-3-5-12)7-16-11-9(14)6-8(13)10(15)17-11/h6H,2-5,7H2,1H3,(H3,15,16,17). The first-order valence-electron chi connectivity index (χ1n) is 5.92. The highest BCUT2D eigenvalue weighted by Gasteiger charge is 2.35. The predicted octanol–water partition coefficient (Wildman–Crippen LogP) is 2.93. The zero-order chi connectivity index (χ0) is 12.5. The zero-order valence-electron chi connectivity index (χ0n) is 9.89. The number of hydrogen-bond donors (Lipinski definition) is 2. The van der Waals surface area contributed by atoms with Gasteiger partial charge in [-0.25, -0.2) is 13.8 Å². The highest BCUT2D eigenvalue weighted by atomic mass is 19.1. The second-order valence-corrected chi connectivity index (χ2v) is 4.75. The van der Waals surface area contributed by atoms with Crippen molar-refractivity contribution in [3.63, 3.8) is 0 Å². The van der Waals surface area contributed by atoms with E-state index in [1.165, 1.54) is 6.42 Å². The van der Waals surface area contributed by atoms with Crippen LogP contribution in [0.2, 0.25) is 0 Å². The molecule has 0 bridgehead atoms. The molecular formula is C12H17F2N3. The van der Waals surface area contributed by atoms with E-state index in [-0.39, 0.29) is 17.1 Å². The molecule has 94 valence electrons. The average Bonchev–Trinajstić information content (AvgIpc) is 2.24. The Hall–Kier alpha value is -1.39. The van der Waals surface area contributed by atoms with Crippen molar-refractivity contribution in [3.8, 4) is 0 Å². The second kappa shape index (κ2) is 4.47. The van der Waals surface area contributed by atoms with E-state index in [1.807, 2.05) is 0 Å². The number of pyridine rings is 1. The molecule has 1 aromatic heterocycles. The van der Waals surface area contributed by atoms with E-state index in [2.05, 4.69) is 17.2 Å². The number of anilines is 2. The number of nitrogens with one attached hydrogen (secondary N) is 1. The van der Waals surface area contributed by atoms with Gasteiger partial charge in [-0.15, -0.1) is 0 Å². The number of nitrogens with two attached hydrogens (primary N) is 1. The van der Waals surface area contributed by atoms with Crippen LogP contribution < -0.4 is 11.1 Å². The maximum absolute atomic E-state index is 13.4. The lowest BCUT2D eigenvalue weighted by atomic mass is 9.67. The van der Waals surface area contributed by atoms with Gasteiger partial charge in [0, 0.05) is 12.6 Å². The molecule has 17 heavy (non-hydrogen) atoms. The van der Waals surface area contributed by atoms with Crippen molar-refractivity contribution in [1.29, 1.82) is 0 Å². The van der Waals surface area contributed by atoms with Gasteiger partial charge >= 0.3 is 0 Å². The summed E-state index contributed by atoms with van der Waals surface area (Å²) >= 11 is 0. The molecule has 1 aliphatic carbocycles. The molecule has 5 heteroatoms. The lowest BCUT2D eigenvalue weighted by molar-refractivity contribution is 0.144. The van der Waals surface area contributed by atoms with Gasteiger partial charge in [0.2, 0.25) is 0 Å². The Labute approximate surface area is 99.4 Å². The molecule has 0 unspecified atom stereocenters. The number of aromatic nitrogens is 1. The van der Waals surface area contributed by atoms with E-state index in [9.17, 15) is 8.78 Å². The Morgan fingerprint density at radius 1 is 1.41 bits per heavy atom. The highest BCUT2D eigenvalue weighted by Crippen LogP contribution is 2.43. The topological polar surface area (TPSA) is 50.9 Å². The largest absolute Gasteiger partial charge is 0.381 e. The molecule has 1 aliphatic rings. The third kappa shape index (κ3) is 2.33. The van der Waals surface area contributed by atoms with E-state index in [0.717, 1.165) is 25.3 Å². The summed E-state index contributed by atoms with van der Waals surface area (Å²) < 4.78 is 26.3. The van der Waals surface area contributed by atoms with E-state index in [4.69, 9.17) is 5.73 Å². The lowest BCUT2D eigenvalue weighted by Crippen LogP contribution is -2.36. The fourth-order valence-corrected chi connectivity index (χ4v) is 2.21. The Kier molecular flexibility index (Phi) is 3.17. The summed E-state index contributed by atoms with van der Waals surface area (Å²) in [5.41, 5.74) is 5.56. The van der Waals surface area contributed by atoms with Crippen LogP contribution >= 0.6 is 0 Å². The normalized spacial score (nSPS) is 17.6. The fourth-order valence-electron chi connectivity index (χ4n) is 2.21. The van der Waals surface area contributed by atoms with Crippen molar-refractivity contribution in [3.05, 3.63) is 17.7 Å². The van der Waals surface area contributed by atoms with Gasteiger partial charge in [-0.1, -0.05) is 13.3 Å². The van der Waals surface area contributed by atoms with E-state index < -0.39 is 11.6 Å². The second-order valence-electron chi connectivity index (χ2n) is 4.75. The van der Waals surface area contributed by atoms with Gasteiger partial charge in [0.1, 0.15) is 0 Å². The number of hydrogen-bond acceptors (Lipinski definition) is 3.